The molecule has 0 atom stereocenters. The van der Waals surface area contributed by atoms with E-state index in [-0.39, 0.29) is 5.91 Å². The number of nitrogens with zero attached hydrogens (tertiary/aromatic N) is 3. The van der Waals surface area contributed by atoms with Crippen LogP contribution >= 0.6 is 0 Å². The fourth-order valence-electron chi connectivity index (χ4n) is 3.36. The number of para-hydroxylation sites is 1. The number of aryl methyl sites for hydroxylation is 1. The van der Waals surface area contributed by atoms with E-state index in [1.54, 1.807) is 6.20 Å². The van der Waals surface area contributed by atoms with Gasteiger partial charge < -0.3 is 9.88 Å². The molecule has 0 saturated carbocycles. The largest absolute Gasteiger partial charge is 0.352 e. The highest BCUT2D eigenvalue weighted by molar-refractivity contribution is 5.89. The van der Waals surface area contributed by atoms with E-state index in [1.165, 1.54) is 5.56 Å². The molecule has 4 rings (SSSR count). The SMILES string of the molecule is Cn1cc(CC(=O)NCc2cnn(Cc3ccccc3)c2)c2ccccc21. The minimum absolute atomic E-state index is 0.0159. The van der Waals surface area contributed by atoms with E-state index in [2.05, 4.69) is 39.2 Å². The van der Waals surface area contributed by atoms with E-state index in [0.717, 1.165) is 28.6 Å². The lowest BCUT2D eigenvalue weighted by molar-refractivity contribution is -0.120. The van der Waals surface area contributed by atoms with Crippen LogP contribution in [0.25, 0.3) is 10.9 Å². The molecule has 0 aliphatic carbocycles. The minimum Gasteiger partial charge on any atom is -0.352 e. The number of hydrogen-bond donors (Lipinski definition) is 1. The Hall–Kier alpha value is -3.34. The number of rotatable bonds is 6. The number of aromatic nitrogens is 3. The summed E-state index contributed by atoms with van der Waals surface area (Å²) < 4.78 is 3.95. The zero-order valence-corrected chi connectivity index (χ0v) is 15.3. The maximum Gasteiger partial charge on any atom is 0.224 e. The molecule has 0 spiro atoms. The molecule has 2 aromatic heterocycles. The van der Waals surface area contributed by atoms with Gasteiger partial charge in [-0.25, -0.2) is 0 Å². The Kier molecular flexibility index (Phi) is 4.75. The van der Waals surface area contributed by atoms with Crippen LogP contribution in [0.4, 0.5) is 0 Å². The summed E-state index contributed by atoms with van der Waals surface area (Å²) in [4.78, 5) is 12.4. The summed E-state index contributed by atoms with van der Waals surface area (Å²) in [5.41, 5.74) is 4.39. The van der Waals surface area contributed by atoms with Crippen molar-refractivity contribution in [2.45, 2.75) is 19.5 Å². The first-order valence-corrected chi connectivity index (χ1v) is 9.04. The first kappa shape index (κ1) is 17.1. The summed E-state index contributed by atoms with van der Waals surface area (Å²) in [5, 5.41) is 8.51. The number of fused-ring (bicyclic) bond motifs is 1. The molecule has 5 heteroatoms. The van der Waals surface area contributed by atoms with Crippen LogP contribution in [0.3, 0.4) is 0 Å². The second-order valence-electron chi connectivity index (χ2n) is 6.77. The first-order chi connectivity index (χ1) is 13.2. The molecule has 4 aromatic rings. The first-order valence-electron chi connectivity index (χ1n) is 9.04. The summed E-state index contributed by atoms with van der Waals surface area (Å²) in [6, 6.07) is 18.3. The quantitative estimate of drug-likeness (QED) is 0.575. The second-order valence-corrected chi connectivity index (χ2v) is 6.77. The Balaban J connectivity index is 1.35. The molecule has 0 fully saturated rings. The monoisotopic (exact) mass is 358 g/mol. The van der Waals surface area contributed by atoms with Crippen molar-refractivity contribution >= 4 is 16.8 Å². The molecule has 0 unspecified atom stereocenters. The van der Waals surface area contributed by atoms with Crippen molar-refractivity contribution in [3.63, 3.8) is 0 Å². The molecule has 0 saturated heterocycles. The van der Waals surface area contributed by atoms with Gasteiger partial charge in [0.2, 0.25) is 5.91 Å². The molecule has 1 N–H and O–H groups in total. The lowest BCUT2D eigenvalue weighted by atomic mass is 10.1. The minimum atomic E-state index is 0.0159. The van der Waals surface area contributed by atoms with Crippen molar-refractivity contribution in [1.29, 1.82) is 0 Å². The molecule has 27 heavy (non-hydrogen) atoms. The van der Waals surface area contributed by atoms with Crippen LogP contribution in [-0.2, 0) is 31.4 Å². The van der Waals surface area contributed by atoms with Gasteiger partial charge >= 0.3 is 0 Å². The lowest BCUT2D eigenvalue weighted by Gasteiger charge is -2.03. The average molecular weight is 358 g/mol. The Bertz CT molecular complexity index is 1060. The maximum atomic E-state index is 12.4. The number of amides is 1. The zero-order valence-electron chi connectivity index (χ0n) is 15.3. The number of carbonyl (C=O) groups excluding carboxylic acids is 1. The molecule has 2 aromatic carbocycles. The Morgan fingerprint density at radius 3 is 2.63 bits per heavy atom. The van der Waals surface area contributed by atoms with Crippen molar-refractivity contribution in [1.82, 2.24) is 19.7 Å². The van der Waals surface area contributed by atoms with Gasteiger partial charge in [-0.15, -0.1) is 0 Å². The van der Waals surface area contributed by atoms with Crippen molar-refractivity contribution < 1.29 is 4.79 Å². The summed E-state index contributed by atoms with van der Waals surface area (Å²) in [7, 11) is 2.00. The Morgan fingerprint density at radius 1 is 1.00 bits per heavy atom. The molecular weight excluding hydrogens is 336 g/mol. The molecule has 136 valence electrons. The van der Waals surface area contributed by atoms with E-state index in [0.29, 0.717) is 13.0 Å². The highest BCUT2D eigenvalue weighted by atomic mass is 16.1. The van der Waals surface area contributed by atoms with Gasteiger partial charge in [0.05, 0.1) is 19.2 Å². The Labute approximate surface area is 158 Å². The van der Waals surface area contributed by atoms with E-state index in [1.807, 2.05) is 54.5 Å². The highest BCUT2D eigenvalue weighted by Crippen LogP contribution is 2.20. The standard InChI is InChI=1S/C22H22N4O/c1-25-16-19(20-9-5-6-10-21(20)25)11-22(27)23-12-18-13-24-26(15-18)14-17-7-3-2-4-8-17/h2-10,13,15-16H,11-12,14H2,1H3,(H,23,27). The van der Waals surface area contributed by atoms with Crippen LogP contribution in [0.2, 0.25) is 0 Å². The number of hydrogen-bond acceptors (Lipinski definition) is 2. The third-order valence-electron chi connectivity index (χ3n) is 4.69. The third-order valence-corrected chi connectivity index (χ3v) is 4.69. The van der Waals surface area contributed by atoms with Crippen molar-refractivity contribution in [3.8, 4) is 0 Å². The van der Waals surface area contributed by atoms with Gasteiger partial charge in [-0.3, -0.25) is 9.48 Å². The topological polar surface area (TPSA) is 51.9 Å². The average Bonchev–Trinajstić information content (AvgIpc) is 3.26. The summed E-state index contributed by atoms with van der Waals surface area (Å²) in [5.74, 6) is 0.0159. The molecule has 0 bridgehead atoms. The third kappa shape index (κ3) is 3.92. The van der Waals surface area contributed by atoms with Crippen molar-refractivity contribution in [2.75, 3.05) is 0 Å². The Morgan fingerprint density at radius 2 is 1.78 bits per heavy atom. The van der Waals surface area contributed by atoms with E-state index < -0.39 is 0 Å². The van der Waals surface area contributed by atoms with E-state index in [9.17, 15) is 4.79 Å². The van der Waals surface area contributed by atoms with Crippen LogP contribution in [0.5, 0.6) is 0 Å². The van der Waals surface area contributed by atoms with Gasteiger partial charge in [0.1, 0.15) is 0 Å². The second kappa shape index (κ2) is 7.50. The molecule has 1 amide bonds. The highest BCUT2D eigenvalue weighted by Gasteiger charge is 2.10. The van der Waals surface area contributed by atoms with Crippen molar-refractivity contribution in [2.24, 2.45) is 7.05 Å². The summed E-state index contributed by atoms with van der Waals surface area (Å²) >= 11 is 0. The van der Waals surface area contributed by atoms with Gasteiger partial charge in [0.25, 0.3) is 0 Å². The molecule has 2 heterocycles. The van der Waals surface area contributed by atoms with Crippen LogP contribution in [0.1, 0.15) is 16.7 Å². The van der Waals surface area contributed by atoms with Crippen LogP contribution in [-0.4, -0.2) is 20.3 Å². The predicted molar refractivity (Wildman–Crippen MR) is 106 cm³/mol. The number of nitrogens with one attached hydrogen (secondary N) is 1. The number of benzene rings is 2. The van der Waals surface area contributed by atoms with Crippen LogP contribution in [0, 0.1) is 0 Å². The molecular formula is C22H22N4O. The fourth-order valence-corrected chi connectivity index (χ4v) is 3.36. The molecule has 5 nitrogen and oxygen atoms in total. The summed E-state index contributed by atoms with van der Waals surface area (Å²) in [6.45, 7) is 1.21. The molecule has 0 radical (unpaired) electrons. The zero-order chi connectivity index (χ0) is 18.6. The van der Waals surface area contributed by atoms with E-state index >= 15 is 0 Å². The van der Waals surface area contributed by atoms with Gasteiger partial charge in [0, 0.05) is 42.5 Å². The normalized spacial score (nSPS) is 11.0. The smallest absolute Gasteiger partial charge is 0.224 e. The lowest BCUT2D eigenvalue weighted by Crippen LogP contribution is -2.24. The molecule has 0 aliphatic heterocycles. The summed E-state index contributed by atoms with van der Waals surface area (Å²) in [6.07, 6.45) is 6.19. The number of carbonyl (C=O) groups is 1. The predicted octanol–water partition coefficient (Wildman–Crippen LogP) is 3.28. The van der Waals surface area contributed by atoms with Crippen LogP contribution in [0.15, 0.2) is 73.2 Å². The van der Waals surface area contributed by atoms with Crippen molar-refractivity contribution in [3.05, 3.63) is 89.9 Å². The van der Waals surface area contributed by atoms with Gasteiger partial charge in [-0.2, -0.15) is 5.10 Å². The fraction of sp³-hybridized carbons (Fsp3) is 0.182. The van der Waals surface area contributed by atoms with Gasteiger partial charge in [-0.1, -0.05) is 48.5 Å². The van der Waals surface area contributed by atoms with Crippen LogP contribution < -0.4 is 5.32 Å². The van der Waals surface area contributed by atoms with Gasteiger partial charge in [-0.05, 0) is 17.2 Å². The maximum absolute atomic E-state index is 12.4. The molecule has 0 aliphatic rings. The van der Waals surface area contributed by atoms with Gasteiger partial charge in [0.15, 0.2) is 0 Å². The van der Waals surface area contributed by atoms with E-state index in [4.69, 9.17) is 0 Å².